The molecule has 0 atom stereocenters. The van der Waals surface area contributed by atoms with E-state index in [2.05, 4.69) is 44.2 Å². The summed E-state index contributed by atoms with van der Waals surface area (Å²) in [5.41, 5.74) is 3.78. The van der Waals surface area contributed by atoms with Crippen LogP contribution in [-0.4, -0.2) is 5.11 Å². The van der Waals surface area contributed by atoms with Gasteiger partial charge in [0.1, 0.15) is 29.4 Å². The number of aromatic hydroxyl groups is 1. The van der Waals surface area contributed by atoms with Gasteiger partial charge in [0.2, 0.25) is 0 Å². The van der Waals surface area contributed by atoms with Crippen LogP contribution in [0.15, 0.2) is 77.2 Å². The van der Waals surface area contributed by atoms with E-state index < -0.39 is 0 Å². The molecule has 0 fully saturated rings. The van der Waals surface area contributed by atoms with Gasteiger partial charge in [-0.1, -0.05) is 56.3 Å². The largest absolute Gasteiger partial charge is 0.508 e. The summed E-state index contributed by atoms with van der Waals surface area (Å²) in [6, 6.07) is 24.2. The van der Waals surface area contributed by atoms with E-state index in [1.54, 1.807) is 6.07 Å². The first-order valence-corrected chi connectivity index (χ1v) is 10.6. The average molecular weight is 401 g/mol. The summed E-state index contributed by atoms with van der Waals surface area (Å²) in [5, 5.41) is 11.0. The Bertz CT molecular complexity index is 1140. The number of hydrogen-bond donors (Lipinski definition) is 1. The lowest BCUT2D eigenvalue weighted by Gasteiger charge is -2.30. The van der Waals surface area contributed by atoms with Crippen LogP contribution in [0.25, 0.3) is 11.0 Å². The number of benzene rings is 3. The first-order chi connectivity index (χ1) is 14.6. The average Bonchev–Trinajstić information content (AvgIpc) is 3.20. The van der Waals surface area contributed by atoms with Crippen molar-refractivity contribution in [3.63, 3.8) is 0 Å². The third-order valence-electron chi connectivity index (χ3n) is 6.17. The van der Waals surface area contributed by atoms with Crippen LogP contribution < -0.4 is 4.74 Å². The van der Waals surface area contributed by atoms with E-state index in [-0.39, 0.29) is 5.41 Å². The minimum atomic E-state index is -0.234. The van der Waals surface area contributed by atoms with E-state index in [0.717, 1.165) is 46.4 Å². The second-order valence-electron chi connectivity index (χ2n) is 7.88. The second kappa shape index (κ2) is 8.27. The molecule has 0 saturated heterocycles. The summed E-state index contributed by atoms with van der Waals surface area (Å²) in [6.07, 6.45) is 1.82. The van der Waals surface area contributed by atoms with Gasteiger partial charge in [0, 0.05) is 11.5 Å². The van der Waals surface area contributed by atoms with Crippen LogP contribution in [0, 0.1) is 6.92 Å². The summed E-state index contributed by atoms with van der Waals surface area (Å²) in [4.78, 5) is 0. The van der Waals surface area contributed by atoms with Gasteiger partial charge in [0.15, 0.2) is 0 Å². The Balaban J connectivity index is 1.67. The van der Waals surface area contributed by atoms with Crippen molar-refractivity contribution in [1.29, 1.82) is 0 Å². The Kier molecular flexibility index (Phi) is 5.54. The van der Waals surface area contributed by atoms with E-state index in [0.29, 0.717) is 12.4 Å². The fourth-order valence-corrected chi connectivity index (χ4v) is 4.18. The van der Waals surface area contributed by atoms with Crippen LogP contribution in [-0.2, 0) is 12.0 Å². The number of furan rings is 1. The molecule has 1 aromatic heterocycles. The van der Waals surface area contributed by atoms with Gasteiger partial charge in [-0.05, 0) is 60.7 Å². The Hall–Kier alpha value is -3.20. The van der Waals surface area contributed by atoms with Crippen LogP contribution in [0.3, 0.4) is 0 Å². The lowest BCUT2D eigenvalue weighted by atomic mass is 9.73. The number of phenols is 1. The standard InChI is InChI=1S/C27H28O3/c1-4-27(5-2,22-12-14-24(28)19(3)15-22)26-16-21-11-13-23(17-25(21)30-26)29-18-20-9-7-6-8-10-20/h6-17,28H,4-5,18H2,1-3H3. The summed E-state index contributed by atoms with van der Waals surface area (Å²) in [6.45, 7) is 6.84. The third-order valence-corrected chi connectivity index (χ3v) is 6.17. The maximum absolute atomic E-state index is 9.97. The van der Waals surface area contributed by atoms with Crippen LogP contribution in [0.2, 0.25) is 0 Å². The normalized spacial score (nSPS) is 11.7. The molecule has 1 N–H and O–H groups in total. The van der Waals surface area contributed by atoms with Crippen molar-refractivity contribution in [3.8, 4) is 11.5 Å². The number of phenolic OH excluding ortho intramolecular Hbond substituents is 1. The first-order valence-electron chi connectivity index (χ1n) is 10.6. The summed E-state index contributed by atoms with van der Waals surface area (Å²) in [5.74, 6) is 2.07. The second-order valence-corrected chi connectivity index (χ2v) is 7.88. The molecular weight excluding hydrogens is 372 g/mol. The molecule has 1 heterocycles. The van der Waals surface area contributed by atoms with E-state index in [4.69, 9.17) is 9.15 Å². The highest BCUT2D eigenvalue weighted by atomic mass is 16.5. The van der Waals surface area contributed by atoms with Crippen LogP contribution in [0.5, 0.6) is 11.5 Å². The molecule has 3 nitrogen and oxygen atoms in total. The van der Waals surface area contributed by atoms with Crippen LogP contribution in [0.4, 0.5) is 0 Å². The summed E-state index contributed by atoms with van der Waals surface area (Å²) < 4.78 is 12.4. The summed E-state index contributed by atoms with van der Waals surface area (Å²) >= 11 is 0. The molecule has 30 heavy (non-hydrogen) atoms. The molecule has 0 radical (unpaired) electrons. The molecule has 0 spiro atoms. The SMILES string of the molecule is CCC(CC)(c1ccc(O)c(C)c1)c1cc2ccc(OCc3ccccc3)cc2o1. The number of fused-ring (bicyclic) bond motifs is 1. The Morgan fingerprint density at radius 3 is 2.37 bits per heavy atom. The fraction of sp³-hybridized carbons (Fsp3) is 0.259. The number of aryl methyl sites for hydroxylation is 1. The Morgan fingerprint density at radius 2 is 1.67 bits per heavy atom. The Morgan fingerprint density at radius 1 is 0.900 bits per heavy atom. The van der Waals surface area contributed by atoms with Gasteiger partial charge >= 0.3 is 0 Å². The van der Waals surface area contributed by atoms with Crippen molar-refractivity contribution in [1.82, 2.24) is 0 Å². The lowest BCUT2D eigenvalue weighted by Crippen LogP contribution is -2.25. The molecular formula is C27H28O3. The van der Waals surface area contributed by atoms with Crippen molar-refractivity contribution >= 4 is 11.0 Å². The zero-order valence-corrected chi connectivity index (χ0v) is 17.8. The monoisotopic (exact) mass is 400 g/mol. The van der Waals surface area contributed by atoms with Gasteiger partial charge in [-0.15, -0.1) is 0 Å². The fourth-order valence-electron chi connectivity index (χ4n) is 4.18. The molecule has 3 aromatic carbocycles. The maximum Gasteiger partial charge on any atom is 0.138 e. The van der Waals surface area contributed by atoms with Gasteiger partial charge in [-0.3, -0.25) is 0 Å². The number of rotatable bonds is 7. The predicted molar refractivity (Wildman–Crippen MR) is 121 cm³/mol. The zero-order valence-electron chi connectivity index (χ0n) is 17.8. The number of hydrogen-bond acceptors (Lipinski definition) is 3. The quantitative estimate of drug-likeness (QED) is 0.359. The van der Waals surface area contributed by atoms with E-state index >= 15 is 0 Å². The Labute approximate surface area is 177 Å². The maximum atomic E-state index is 9.97. The lowest BCUT2D eigenvalue weighted by molar-refractivity contribution is 0.306. The van der Waals surface area contributed by atoms with Gasteiger partial charge < -0.3 is 14.3 Å². The first kappa shape index (κ1) is 20.1. The third kappa shape index (κ3) is 3.68. The predicted octanol–water partition coefficient (Wildman–Crippen LogP) is 7.13. The molecule has 0 bridgehead atoms. The van der Waals surface area contributed by atoms with Gasteiger partial charge in [0.25, 0.3) is 0 Å². The van der Waals surface area contributed by atoms with Crippen molar-refractivity contribution in [3.05, 3.63) is 95.2 Å². The molecule has 0 aliphatic heterocycles. The molecule has 3 heteroatoms. The molecule has 0 aliphatic carbocycles. The minimum Gasteiger partial charge on any atom is -0.508 e. The van der Waals surface area contributed by atoms with Gasteiger partial charge in [-0.2, -0.15) is 0 Å². The van der Waals surface area contributed by atoms with Gasteiger partial charge in [0.05, 0.1) is 5.41 Å². The van der Waals surface area contributed by atoms with Crippen molar-refractivity contribution in [2.24, 2.45) is 0 Å². The van der Waals surface area contributed by atoms with E-state index in [1.807, 2.05) is 43.3 Å². The van der Waals surface area contributed by atoms with Crippen LogP contribution in [0.1, 0.15) is 49.1 Å². The number of ether oxygens (including phenoxy) is 1. The smallest absolute Gasteiger partial charge is 0.138 e. The van der Waals surface area contributed by atoms with Crippen molar-refractivity contribution in [2.45, 2.75) is 45.6 Å². The highest BCUT2D eigenvalue weighted by Gasteiger charge is 2.34. The molecule has 154 valence electrons. The van der Waals surface area contributed by atoms with E-state index in [9.17, 15) is 5.11 Å². The molecule has 0 saturated carbocycles. The molecule has 0 unspecified atom stereocenters. The summed E-state index contributed by atoms with van der Waals surface area (Å²) in [7, 11) is 0. The molecule has 0 amide bonds. The highest BCUT2D eigenvalue weighted by Crippen LogP contribution is 2.42. The molecule has 4 aromatic rings. The minimum absolute atomic E-state index is 0.234. The van der Waals surface area contributed by atoms with Crippen molar-refractivity contribution < 1.29 is 14.3 Å². The highest BCUT2D eigenvalue weighted by molar-refractivity contribution is 5.80. The topological polar surface area (TPSA) is 42.6 Å². The van der Waals surface area contributed by atoms with E-state index in [1.165, 1.54) is 5.56 Å². The van der Waals surface area contributed by atoms with Crippen molar-refractivity contribution in [2.75, 3.05) is 0 Å². The van der Waals surface area contributed by atoms with Crippen LogP contribution >= 0.6 is 0 Å². The zero-order chi connectivity index (χ0) is 21.1. The molecule has 0 aliphatic rings. The van der Waals surface area contributed by atoms with Gasteiger partial charge in [-0.25, -0.2) is 0 Å². The molecule has 4 rings (SSSR count).